The van der Waals surface area contributed by atoms with Gasteiger partial charge >= 0.3 is 5.97 Å². The number of aromatic nitrogens is 2. The lowest BCUT2D eigenvalue weighted by Gasteiger charge is -2.17. The van der Waals surface area contributed by atoms with Crippen LogP contribution in [0.15, 0.2) is 58.4 Å². The zero-order valence-corrected chi connectivity index (χ0v) is 25.3. The topological polar surface area (TPSA) is 101 Å². The summed E-state index contributed by atoms with van der Waals surface area (Å²) < 4.78 is 23.4. The second-order valence-electron chi connectivity index (χ2n) is 9.28. The summed E-state index contributed by atoms with van der Waals surface area (Å²) in [5.41, 5.74) is 3.63. The van der Waals surface area contributed by atoms with E-state index in [4.69, 9.17) is 19.2 Å². The molecule has 0 amide bonds. The molecule has 0 atom stereocenters. The molecule has 9 nitrogen and oxygen atoms in total. The van der Waals surface area contributed by atoms with Crippen molar-refractivity contribution < 1.29 is 23.7 Å². The minimum Gasteiger partial charge on any atom is -0.496 e. The van der Waals surface area contributed by atoms with Crippen LogP contribution in [0.5, 0.6) is 17.2 Å². The number of methoxy groups -OCH3 is 3. The van der Waals surface area contributed by atoms with Gasteiger partial charge in [-0.2, -0.15) is 9.78 Å². The molecular formula is C30H30IN3O6. The van der Waals surface area contributed by atoms with Gasteiger partial charge in [0.25, 0.3) is 5.56 Å². The van der Waals surface area contributed by atoms with Crippen LogP contribution in [-0.2, 0) is 9.53 Å². The molecule has 0 saturated carbocycles. The summed E-state index contributed by atoms with van der Waals surface area (Å²) in [6.45, 7) is 5.88. The van der Waals surface area contributed by atoms with E-state index in [1.165, 1.54) is 18.9 Å². The first-order chi connectivity index (χ1) is 19.2. The molecule has 0 radical (unpaired) electrons. The van der Waals surface area contributed by atoms with Gasteiger partial charge in [0.2, 0.25) is 0 Å². The molecule has 0 unspecified atom stereocenters. The molecule has 1 heterocycles. The van der Waals surface area contributed by atoms with E-state index >= 15 is 0 Å². The molecule has 0 aliphatic carbocycles. The van der Waals surface area contributed by atoms with Crippen LogP contribution in [0.3, 0.4) is 0 Å². The number of hydrogen-bond acceptors (Lipinski definition) is 8. The quantitative estimate of drug-likeness (QED) is 0.132. The number of nitrogens with zero attached hydrogens (tertiary/aromatic N) is 3. The first-order valence-electron chi connectivity index (χ1n) is 12.5. The van der Waals surface area contributed by atoms with Crippen molar-refractivity contribution in [3.8, 4) is 28.6 Å². The highest BCUT2D eigenvalue weighted by Crippen LogP contribution is 2.35. The van der Waals surface area contributed by atoms with Crippen molar-refractivity contribution in [3.05, 3.63) is 79.1 Å². The van der Waals surface area contributed by atoms with Crippen molar-refractivity contribution in [2.75, 3.05) is 27.9 Å². The van der Waals surface area contributed by atoms with Gasteiger partial charge in [-0.05, 0) is 88.5 Å². The van der Waals surface area contributed by atoms with Gasteiger partial charge in [-0.3, -0.25) is 4.79 Å². The minimum atomic E-state index is -0.506. The van der Waals surface area contributed by atoms with Crippen LogP contribution >= 0.6 is 22.6 Å². The van der Waals surface area contributed by atoms with Crippen molar-refractivity contribution in [3.63, 3.8) is 0 Å². The lowest BCUT2D eigenvalue weighted by Crippen LogP contribution is -2.21. The summed E-state index contributed by atoms with van der Waals surface area (Å²) in [7, 11) is 4.45. The summed E-state index contributed by atoms with van der Waals surface area (Å²) in [6.07, 6.45) is 1.57. The third kappa shape index (κ3) is 5.96. The molecule has 0 spiro atoms. The molecular weight excluding hydrogens is 625 g/mol. The van der Waals surface area contributed by atoms with Gasteiger partial charge in [0.1, 0.15) is 5.75 Å². The van der Waals surface area contributed by atoms with Gasteiger partial charge in [0.05, 0.1) is 42.0 Å². The zero-order chi connectivity index (χ0) is 29.0. The van der Waals surface area contributed by atoms with E-state index in [2.05, 4.69) is 46.3 Å². The molecule has 0 N–H and O–H groups in total. The first-order valence-corrected chi connectivity index (χ1v) is 13.6. The predicted octanol–water partition coefficient (Wildman–Crippen LogP) is 5.55. The summed E-state index contributed by atoms with van der Waals surface area (Å²) in [6, 6.07) is 14.7. The molecule has 3 aromatic carbocycles. The Morgan fingerprint density at radius 2 is 1.80 bits per heavy atom. The number of halogens is 1. The zero-order valence-electron chi connectivity index (χ0n) is 23.1. The average molecular weight is 655 g/mol. The number of aryl methyl sites for hydroxylation is 1. The van der Waals surface area contributed by atoms with Crippen molar-refractivity contribution >= 4 is 45.7 Å². The van der Waals surface area contributed by atoms with Crippen molar-refractivity contribution in [1.82, 2.24) is 9.66 Å². The number of carbonyl (C=O) groups excluding carboxylic acids is 1. The first kappa shape index (κ1) is 29.1. The molecule has 0 aliphatic rings. The highest BCUT2D eigenvalue weighted by atomic mass is 127. The number of ether oxygens (including phenoxy) is 4. The second kappa shape index (κ2) is 12.5. The predicted molar refractivity (Wildman–Crippen MR) is 163 cm³/mol. The van der Waals surface area contributed by atoms with Gasteiger partial charge in [-0.1, -0.05) is 26.0 Å². The van der Waals surface area contributed by atoms with Crippen LogP contribution in [0.1, 0.15) is 36.5 Å². The lowest BCUT2D eigenvalue weighted by molar-refractivity contribution is -0.142. The number of benzene rings is 3. The minimum absolute atomic E-state index is 0.188. The molecule has 40 heavy (non-hydrogen) atoms. The third-order valence-electron chi connectivity index (χ3n) is 6.33. The summed E-state index contributed by atoms with van der Waals surface area (Å²) in [4.78, 5) is 30.1. The van der Waals surface area contributed by atoms with Gasteiger partial charge < -0.3 is 18.9 Å². The van der Waals surface area contributed by atoms with E-state index in [1.54, 1.807) is 31.5 Å². The maximum Gasteiger partial charge on any atom is 0.343 e. The smallest absolute Gasteiger partial charge is 0.343 e. The highest BCUT2D eigenvalue weighted by molar-refractivity contribution is 14.1. The van der Waals surface area contributed by atoms with E-state index in [1.807, 2.05) is 37.3 Å². The Morgan fingerprint density at radius 1 is 1.07 bits per heavy atom. The molecule has 0 bridgehead atoms. The standard InChI is InChI=1S/C30H30IN3O6/c1-17(2)21-14-22(18(3)11-25(21)37-4)29-33-24-10-8-7-9-20(24)30(36)34(29)32-15-19-12-23(31)28(26(13-19)38-5)40-16-27(35)39-6/h7-15,17H,16H2,1-6H3. The number of hydrogen-bond donors (Lipinski definition) is 0. The second-order valence-corrected chi connectivity index (χ2v) is 10.4. The summed E-state index contributed by atoms with van der Waals surface area (Å²) >= 11 is 2.09. The van der Waals surface area contributed by atoms with Gasteiger partial charge in [-0.15, -0.1) is 0 Å². The number of fused-ring (bicyclic) bond motifs is 1. The summed E-state index contributed by atoms with van der Waals surface area (Å²) in [5.74, 6) is 1.70. The Balaban J connectivity index is 1.87. The van der Waals surface area contributed by atoms with Gasteiger partial charge in [-0.25, -0.2) is 9.78 Å². The fraction of sp³-hybridized carbons (Fsp3) is 0.267. The fourth-order valence-corrected chi connectivity index (χ4v) is 5.02. The van der Waals surface area contributed by atoms with Crippen LogP contribution in [-0.4, -0.2) is 49.8 Å². The molecule has 10 heteroatoms. The van der Waals surface area contributed by atoms with E-state index < -0.39 is 5.97 Å². The summed E-state index contributed by atoms with van der Waals surface area (Å²) in [5, 5.41) is 5.06. The number of carbonyl (C=O) groups is 1. The fourth-order valence-electron chi connectivity index (χ4n) is 4.24. The van der Waals surface area contributed by atoms with Crippen LogP contribution in [0.4, 0.5) is 0 Å². The van der Waals surface area contributed by atoms with E-state index in [0.29, 0.717) is 37.4 Å². The Bertz CT molecular complexity index is 1660. The van der Waals surface area contributed by atoms with Crippen molar-refractivity contribution in [2.45, 2.75) is 26.7 Å². The number of para-hydroxylation sites is 1. The van der Waals surface area contributed by atoms with Gasteiger partial charge in [0, 0.05) is 5.56 Å². The molecule has 208 valence electrons. The molecule has 4 aromatic rings. The molecule has 0 aliphatic heterocycles. The third-order valence-corrected chi connectivity index (χ3v) is 7.13. The van der Waals surface area contributed by atoms with E-state index in [9.17, 15) is 9.59 Å². The normalized spacial score (nSPS) is 11.3. The van der Waals surface area contributed by atoms with Crippen LogP contribution < -0.4 is 19.8 Å². The van der Waals surface area contributed by atoms with Crippen LogP contribution in [0.2, 0.25) is 0 Å². The Labute approximate surface area is 245 Å². The average Bonchev–Trinajstić information content (AvgIpc) is 2.95. The Hall–Kier alpha value is -3.93. The lowest BCUT2D eigenvalue weighted by atomic mass is 9.96. The SMILES string of the molecule is COC(=O)COc1c(I)cc(C=Nn2c(-c3cc(C(C)C)c(OC)cc3C)nc3ccccc3c2=O)cc1OC. The number of rotatable bonds is 9. The van der Waals surface area contributed by atoms with E-state index in [0.717, 1.165) is 22.4 Å². The number of esters is 1. The molecule has 0 saturated heterocycles. The van der Waals surface area contributed by atoms with Gasteiger partial charge in [0.15, 0.2) is 23.9 Å². The molecule has 4 rings (SSSR count). The molecule has 0 fully saturated rings. The van der Waals surface area contributed by atoms with Crippen LogP contribution in [0, 0.1) is 10.5 Å². The molecule has 1 aromatic heterocycles. The Kier molecular flexibility index (Phi) is 9.08. The van der Waals surface area contributed by atoms with Crippen LogP contribution in [0.25, 0.3) is 22.3 Å². The Morgan fingerprint density at radius 3 is 2.48 bits per heavy atom. The van der Waals surface area contributed by atoms with E-state index in [-0.39, 0.29) is 18.1 Å². The maximum absolute atomic E-state index is 13.7. The van der Waals surface area contributed by atoms with Crippen molar-refractivity contribution in [1.29, 1.82) is 0 Å². The highest BCUT2D eigenvalue weighted by Gasteiger charge is 2.19. The largest absolute Gasteiger partial charge is 0.496 e. The monoisotopic (exact) mass is 655 g/mol. The van der Waals surface area contributed by atoms with Crippen molar-refractivity contribution in [2.24, 2.45) is 5.10 Å². The maximum atomic E-state index is 13.7.